The fraction of sp³-hybridized carbons (Fsp3) is 0.273. The first-order chi connectivity index (χ1) is 14.6. The second-order valence-electron chi connectivity index (χ2n) is 6.39. The van der Waals surface area contributed by atoms with Crippen molar-refractivity contribution >= 4 is 11.9 Å². The Labute approximate surface area is 174 Å². The molecule has 158 valence electrons. The normalized spacial score (nSPS) is 16.5. The van der Waals surface area contributed by atoms with Crippen molar-refractivity contribution < 1.29 is 38.6 Å². The molecule has 0 aromatic heterocycles. The smallest absolute Gasteiger partial charge is 0.373 e. The molecule has 2 aromatic carbocycles. The third-order valence-corrected chi connectivity index (χ3v) is 4.43. The highest BCUT2D eigenvalue weighted by atomic mass is 17.2. The monoisotopic (exact) mass is 414 g/mol. The molecule has 30 heavy (non-hydrogen) atoms. The van der Waals surface area contributed by atoms with Gasteiger partial charge >= 0.3 is 11.9 Å². The van der Waals surface area contributed by atoms with Gasteiger partial charge in [-0.15, -0.1) is 0 Å². The van der Waals surface area contributed by atoms with Crippen molar-refractivity contribution in [2.45, 2.75) is 25.4 Å². The van der Waals surface area contributed by atoms with E-state index in [9.17, 15) is 9.59 Å². The summed E-state index contributed by atoms with van der Waals surface area (Å²) in [5.74, 6) is -0.0810. The number of carbonyl (C=O) groups excluding carboxylic acids is 2. The molecule has 8 heteroatoms. The van der Waals surface area contributed by atoms with Crippen molar-refractivity contribution in [2.75, 3.05) is 14.2 Å². The first-order valence-electron chi connectivity index (χ1n) is 9.34. The summed E-state index contributed by atoms with van der Waals surface area (Å²) in [4.78, 5) is 44.6. The Hall–Kier alpha value is -3.10. The van der Waals surface area contributed by atoms with Crippen molar-refractivity contribution in [1.29, 1.82) is 0 Å². The number of methoxy groups -OCH3 is 2. The van der Waals surface area contributed by atoms with E-state index in [2.05, 4.69) is 0 Å². The minimum atomic E-state index is -0.746. The lowest BCUT2D eigenvalue weighted by molar-refractivity contribution is -0.311. The summed E-state index contributed by atoms with van der Waals surface area (Å²) in [5, 5.41) is 0. The number of hydrogen-bond acceptors (Lipinski definition) is 8. The molecule has 3 rings (SSSR count). The Morgan fingerprint density at radius 1 is 0.800 bits per heavy atom. The molecular formula is C22H22O8. The molecule has 0 aliphatic heterocycles. The lowest BCUT2D eigenvalue weighted by Gasteiger charge is -2.26. The van der Waals surface area contributed by atoms with Crippen LogP contribution in [0.3, 0.4) is 0 Å². The lowest BCUT2D eigenvalue weighted by atomic mass is 9.95. The van der Waals surface area contributed by atoms with Gasteiger partial charge in [-0.05, 0) is 74.2 Å². The van der Waals surface area contributed by atoms with Crippen molar-refractivity contribution in [1.82, 2.24) is 0 Å². The van der Waals surface area contributed by atoms with Gasteiger partial charge in [0.2, 0.25) is 0 Å². The predicted octanol–water partition coefficient (Wildman–Crippen LogP) is 3.87. The molecule has 1 fully saturated rings. The average molecular weight is 414 g/mol. The molecule has 2 radical (unpaired) electrons. The Kier molecular flexibility index (Phi) is 7.64. The highest BCUT2D eigenvalue weighted by molar-refractivity contribution is 5.89. The first-order valence-corrected chi connectivity index (χ1v) is 9.34. The molecule has 2 aromatic rings. The fourth-order valence-electron chi connectivity index (χ4n) is 2.74. The summed E-state index contributed by atoms with van der Waals surface area (Å²) in [7, 11) is 3.07. The van der Waals surface area contributed by atoms with Crippen LogP contribution < -0.4 is 9.47 Å². The van der Waals surface area contributed by atoms with E-state index >= 15 is 0 Å². The number of benzene rings is 2. The molecule has 1 unspecified atom stereocenters. The minimum Gasteiger partial charge on any atom is -0.497 e. The second kappa shape index (κ2) is 10.6. The average Bonchev–Trinajstić information content (AvgIpc) is 2.81. The van der Waals surface area contributed by atoms with Crippen LogP contribution in [-0.4, -0.2) is 32.3 Å². The van der Waals surface area contributed by atoms with Crippen molar-refractivity contribution in [3.05, 3.63) is 72.2 Å². The van der Waals surface area contributed by atoms with Gasteiger partial charge in [0.25, 0.3) is 0 Å². The number of carbonyl (C=O) groups is 2. The molecule has 0 amide bonds. The lowest BCUT2D eigenvalue weighted by Crippen LogP contribution is -2.30. The number of hydrogen-bond donors (Lipinski definition) is 0. The van der Waals surface area contributed by atoms with E-state index in [-0.39, 0.29) is 0 Å². The van der Waals surface area contributed by atoms with Crippen LogP contribution in [0, 0.1) is 12.5 Å². The summed E-state index contributed by atoms with van der Waals surface area (Å²) in [6, 6.07) is 12.8. The standard InChI is InChI=1S/C22H22O8/c1-25-17-11-7-15(8-12-17)21(23)29-27-19-5-3-4-6-20(19)28-30-22(24)16-9-13-18(26-2)14-10-16/h5,7-14,19H,3-4,6H2,1-2H3. The first kappa shape index (κ1) is 21.6. The zero-order chi connectivity index (χ0) is 21.3. The molecule has 8 nitrogen and oxygen atoms in total. The predicted molar refractivity (Wildman–Crippen MR) is 104 cm³/mol. The molecule has 1 aliphatic carbocycles. The van der Waals surface area contributed by atoms with Gasteiger partial charge in [-0.3, -0.25) is 9.78 Å². The molecule has 0 N–H and O–H groups in total. The van der Waals surface area contributed by atoms with Crippen molar-refractivity contribution in [3.8, 4) is 11.5 Å². The van der Waals surface area contributed by atoms with Crippen LogP contribution in [-0.2, 0) is 19.6 Å². The van der Waals surface area contributed by atoms with Crippen LogP contribution in [0.2, 0.25) is 0 Å². The fourth-order valence-corrected chi connectivity index (χ4v) is 2.74. The van der Waals surface area contributed by atoms with Crippen LogP contribution in [0.25, 0.3) is 0 Å². The third kappa shape index (κ3) is 5.71. The summed E-state index contributed by atoms with van der Waals surface area (Å²) < 4.78 is 10.1. The van der Waals surface area contributed by atoms with Crippen LogP contribution >= 0.6 is 0 Å². The Bertz CT molecular complexity index is 760. The van der Waals surface area contributed by atoms with Crippen molar-refractivity contribution in [3.63, 3.8) is 0 Å². The van der Waals surface area contributed by atoms with Gasteiger partial charge in [0.15, 0.2) is 6.10 Å². The van der Waals surface area contributed by atoms with Gasteiger partial charge < -0.3 is 9.47 Å². The van der Waals surface area contributed by atoms with Gasteiger partial charge in [0, 0.05) is 0 Å². The largest absolute Gasteiger partial charge is 0.497 e. The summed E-state index contributed by atoms with van der Waals surface area (Å²) in [6.07, 6.45) is 3.40. The summed E-state index contributed by atoms with van der Waals surface area (Å²) in [6.45, 7) is 0. The van der Waals surface area contributed by atoms with Crippen LogP contribution in [0.5, 0.6) is 11.5 Å². The molecule has 1 aliphatic rings. The molecule has 1 saturated carbocycles. The number of ether oxygens (including phenoxy) is 2. The highest BCUT2D eigenvalue weighted by Crippen LogP contribution is 2.30. The minimum absolute atomic E-state index is 0.305. The Morgan fingerprint density at radius 3 is 1.87 bits per heavy atom. The topological polar surface area (TPSA) is 89.5 Å². The number of rotatable bonds is 8. The van der Waals surface area contributed by atoms with E-state index in [0.29, 0.717) is 35.2 Å². The summed E-state index contributed by atoms with van der Waals surface area (Å²) in [5.41, 5.74) is 0.611. The van der Waals surface area contributed by atoms with Crippen LogP contribution in [0.4, 0.5) is 0 Å². The molecule has 0 bridgehead atoms. The van der Waals surface area contributed by atoms with Crippen LogP contribution in [0.1, 0.15) is 40.0 Å². The van der Waals surface area contributed by atoms with Gasteiger partial charge in [-0.1, -0.05) is 0 Å². The van der Waals surface area contributed by atoms with Gasteiger partial charge in [0.1, 0.15) is 17.6 Å². The molecule has 0 spiro atoms. The van der Waals surface area contributed by atoms with Gasteiger partial charge in [0.05, 0.1) is 25.3 Å². The maximum Gasteiger partial charge on any atom is 0.373 e. The molecule has 0 saturated heterocycles. The van der Waals surface area contributed by atoms with Crippen molar-refractivity contribution in [2.24, 2.45) is 0 Å². The SMILES string of the molecule is COc1ccc(C(=O)OO[C]2CCC[CH]C2OOC(=O)c2ccc(OC)cc2)cc1. The summed E-state index contributed by atoms with van der Waals surface area (Å²) >= 11 is 0. The Morgan fingerprint density at radius 2 is 1.33 bits per heavy atom. The van der Waals surface area contributed by atoms with E-state index in [1.165, 1.54) is 14.2 Å². The van der Waals surface area contributed by atoms with E-state index in [0.717, 1.165) is 12.8 Å². The van der Waals surface area contributed by atoms with E-state index in [1.807, 2.05) is 0 Å². The molecule has 1 atom stereocenters. The molecule has 0 heterocycles. The van der Waals surface area contributed by atoms with E-state index < -0.39 is 18.0 Å². The van der Waals surface area contributed by atoms with Crippen LogP contribution in [0.15, 0.2) is 48.5 Å². The third-order valence-electron chi connectivity index (χ3n) is 4.43. The Balaban J connectivity index is 1.51. The van der Waals surface area contributed by atoms with E-state index in [4.69, 9.17) is 29.0 Å². The maximum absolute atomic E-state index is 12.1. The quantitative estimate of drug-likeness (QED) is 0.475. The second-order valence-corrected chi connectivity index (χ2v) is 6.39. The zero-order valence-electron chi connectivity index (χ0n) is 16.7. The maximum atomic E-state index is 12.1. The highest BCUT2D eigenvalue weighted by Gasteiger charge is 2.33. The van der Waals surface area contributed by atoms with E-state index in [1.54, 1.807) is 55.0 Å². The van der Waals surface area contributed by atoms with Gasteiger partial charge in [-0.25, -0.2) is 9.59 Å². The van der Waals surface area contributed by atoms with Gasteiger partial charge in [-0.2, -0.15) is 9.78 Å². The zero-order valence-corrected chi connectivity index (χ0v) is 16.7. The molecular weight excluding hydrogens is 392 g/mol.